The van der Waals surface area contributed by atoms with Gasteiger partial charge in [-0.05, 0) is 96.3 Å². The number of ether oxygens (including phenoxy) is 3. The van der Waals surface area contributed by atoms with Gasteiger partial charge in [-0.1, -0.05) is 317 Å². The smallest absolute Gasteiger partial charge is 0.306 e. The Morgan fingerprint density at radius 1 is 0.263 bits per heavy atom. The highest BCUT2D eigenvalue weighted by atomic mass is 16.6. The first-order valence-electron chi connectivity index (χ1n) is 34.2. The van der Waals surface area contributed by atoms with E-state index in [1.807, 2.05) is 0 Å². The molecule has 0 radical (unpaired) electrons. The highest BCUT2D eigenvalue weighted by Gasteiger charge is 2.19. The van der Waals surface area contributed by atoms with Crippen molar-refractivity contribution < 1.29 is 28.6 Å². The summed E-state index contributed by atoms with van der Waals surface area (Å²) in [6.45, 7) is 6.52. The van der Waals surface area contributed by atoms with Crippen LogP contribution in [0.2, 0.25) is 0 Å². The molecule has 1 atom stereocenters. The van der Waals surface area contributed by atoms with Crippen molar-refractivity contribution in [3.05, 3.63) is 97.2 Å². The fourth-order valence-corrected chi connectivity index (χ4v) is 9.72. The van der Waals surface area contributed by atoms with Gasteiger partial charge in [0.2, 0.25) is 0 Å². The summed E-state index contributed by atoms with van der Waals surface area (Å²) in [6, 6.07) is 0. The molecule has 1 unspecified atom stereocenters. The minimum atomic E-state index is -0.804. The molecule has 0 heterocycles. The van der Waals surface area contributed by atoms with Crippen LogP contribution in [0.15, 0.2) is 97.2 Å². The summed E-state index contributed by atoms with van der Waals surface area (Å²) in [4.78, 5) is 38.4. The van der Waals surface area contributed by atoms with E-state index < -0.39 is 6.10 Å². The molecule has 0 saturated heterocycles. The fraction of sp³-hybridized carbons (Fsp3) is 0.743. The minimum absolute atomic E-state index is 0.0952. The van der Waals surface area contributed by atoms with Gasteiger partial charge in [-0.25, -0.2) is 0 Å². The molecule has 0 saturated carbocycles. The van der Waals surface area contributed by atoms with Gasteiger partial charge in [0.15, 0.2) is 6.10 Å². The van der Waals surface area contributed by atoms with Crippen LogP contribution in [0.1, 0.15) is 335 Å². The van der Waals surface area contributed by atoms with E-state index in [1.165, 1.54) is 199 Å². The average molecular weight is 1110 g/mol. The molecule has 0 fully saturated rings. The van der Waals surface area contributed by atoms with Crippen molar-refractivity contribution in [3.63, 3.8) is 0 Å². The summed E-state index contributed by atoms with van der Waals surface area (Å²) in [5.41, 5.74) is 0. The largest absolute Gasteiger partial charge is 0.462 e. The zero-order valence-electron chi connectivity index (χ0n) is 52.8. The molecule has 0 spiro atoms. The Morgan fingerprint density at radius 3 is 0.825 bits per heavy atom. The maximum atomic E-state index is 13.0. The highest BCUT2D eigenvalue weighted by Crippen LogP contribution is 2.17. The molecule has 6 heteroatoms. The van der Waals surface area contributed by atoms with Crippen LogP contribution in [0.5, 0.6) is 0 Å². The molecule has 0 aliphatic heterocycles. The van der Waals surface area contributed by atoms with Crippen molar-refractivity contribution in [2.24, 2.45) is 0 Å². The van der Waals surface area contributed by atoms with Crippen molar-refractivity contribution in [1.29, 1.82) is 0 Å². The second-order valence-corrected chi connectivity index (χ2v) is 22.7. The molecular formula is C74H128O6. The summed E-state index contributed by atoms with van der Waals surface area (Å²) in [6.07, 6.45) is 91.4. The van der Waals surface area contributed by atoms with Gasteiger partial charge >= 0.3 is 17.9 Å². The van der Waals surface area contributed by atoms with Gasteiger partial charge in [0.1, 0.15) is 13.2 Å². The molecule has 0 amide bonds. The van der Waals surface area contributed by atoms with Gasteiger partial charge < -0.3 is 14.2 Å². The van der Waals surface area contributed by atoms with Gasteiger partial charge in [0.05, 0.1) is 0 Å². The normalized spacial score (nSPS) is 12.7. The summed E-state index contributed by atoms with van der Waals surface area (Å²) in [7, 11) is 0. The lowest BCUT2D eigenvalue weighted by atomic mass is 10.0. The third-order valence-corrected chi connectivity index (χ3v) is 14.8. The van der Waals surface area contributed by atoms with Crippen LogP contribution < -0.4 is 0 Å². The third-order valence-electron chi connectivity index (χ3n) is 14.8. The SMILES string of the molecule is CC/C=C\C/C=C\C/C=C\C/C=C\C/C=C\C/C=C\C/C=C\CCCC(=O)OCC(COC(=O)CCCCCCCCC/C=C\CCCCCCCCC)OC(=O)CCCCCCCCCCCCCCCCCCCCCCC. The highest BCUT2D eigenvalue weighted by molar-refractivity contribution is 5.71. The first-order chi connectivity index (χ1) is 39.5. The number of esters is 3. The molecule has 0 aromatic rings. The van der Waals surface area contributed by atoms with E-state index in [9.17, 15) is 14.4 Å². The summed E-state index contributed by atoms with van der Waals surface area (Å²) in [5.74, 6) is -0.945. The van der Waals surface area contributed by atoms with E-state index in [-0.39, 0.29) is 37.5 Å². The van der Waals surface area contributed by atoms with Crippen LogP contribution in [-0.2, 0) is 28.6 Å². The van der Waals surface area contributed by atoms with Crippen LogP contribution in [0.3, 0.4) is 0 Å². The number of allylic oxidation sites excluding steroid dienone is 16. The first kappa shape index (κ1) is 76.3. The van der Waals surface area contributed by atoms with E-state index >= 15 is 0 Å². The van der Waals surface area contributed by atoms with Crippen molar-refractivity contribution in [1.82, 2.24) is 0 Å². The molecule has 0 aromatic heterocycles. The van der Waals surface area contributed by atoms with Crippen molar-refractivity contribution in [3.8, 4) is 0 Å². The topological polar surface area (TPSA) is 78.9 Å². The molecule has 6 nitrogen and oxygen atoms in total. The summed E-state index contributed by atoms with van der Waals surface area (Å²) < 4.78 is 16.9. The zero-order valence-corrected chi connectivity index (χ0v) is 52.8. The minimum Gasteiger partial charge on any atom is -0.462 e. The van der Waals surface area contributed by atoms with Crippen LogP contribution in [0.25, 0.3) is 0 Å². The molecule has 80 heavy (non-hydrogen) atoms. The summed E-state index contributed by atoms with van der Waals surface area (Å²) in [5, 5.41) is 0. The Balaban J connectivity index is 4.46. The quantitative estimate of drug-likeness (QED) is 0.0261. The molecule has 0 aromatic carbocycles. The third kappa shape index (κ3) is 65.1. The van der Waals surface area contributed by atoms with E-state index in [1.54, 1.807) is 0 Å². The molecule has 0 rings (SSSR count). The molecular weight excluding hydrogens is 985 g/mol. The number of carbonyl (C=O) groups is 3. The maximum absolute atomic E-state index is 13.0. The Morgan fingerprint density at radius 2 is 0.500 bits per heavy atom. The van der Waals surface area contributed by atoms with Crippen LogP contribution in [-0.4, -0.2) is 37.2 Å². The van der Waals surface area contributed by atoms with Crippen molar-refractivity contribution in [2.75, 3.05) is 13.2 Å². The van der Waals surface area contributed by atoms with Crippen LogP contribution in [0.4, 0.5) is 0 Å². The van der Waals surface area contributed by atoms with Crippen LogP contribution in [0, 0.1) is 0 Å². The predicted molar refractivity (Wildman–Crippen MR) is 348 cm³/mol. The lowest BCUT2D eigenvalue weighted by Crippen LogP contribution is -2.30. The van der Waals surface area contributed by atoms with E-state index in [4.69, 9.17) is 14.2 Å². The molecule has 460 valence electrons. The number of carbonyl (C=O) groups excluding carboxylic acids is 3. The Labute approximate surface area is 496 Å². The van der Waals surface area contributed by atoms with E-state index in [2.05, 4.69) is 118 Å². The fourth-order valence-electron chi connectivity index (χ4n) is 9.72. The van der Waals surface area contributed by atoms with Gasteiger partial charge in [0.25, 0.3) is 0 Å². The zero-order chi connectivity index (χ0) is 57.8. The second kappa shape index (κ2) is 67.8. The lowest BCUT2D eigenvalue weighted by molar-refractivity contribution is -0.167. The van der Waals surface area contributed by atoms with Gasteiger partial charge in [-0.15, -0.1) is 0 Å². The standard InChI is InChI=1S/C74H128O6/c1-4-7-10-13-16-19-22-25-28-31-34-36-37-39-40-43-46-49-52-55-58-61-64-67-73(76)79-70-71(69-78-72(75)66-63-60-57-54-51-48-45-42-33-30-27-24-21-18-15-12-9-6-3)80-74(77)68-65-62-59-56-53-50-47-44-41-38-35-32-29-26-23-20-17-14-11-8-5-2/h7,10,16,19,25,28,30,33-34,36,39-40,46,49,55,58,71H,4-6,8-9,11-15,17-18,20-24,26-27,29,31-32,35,37-38,41-45,47-48,50-54,56-57,59-70H2,1-3H3/b10-7-,19-16-,28-25-,33-30-,36-34-,40-39-,49-46-,58-55-. The van der Waals surface area contributed by atoms with E-state index in [0.717, 1.165) is 89.9 Å². The van der Waals surface area contributed by atoms with Crippen molar-refractivity contribution >= 4 is 17.9 Å². The van der Waals surface area contributed by atoms with E-state index in [0.29, 0.717) is 19.3 Å². The average Bonchev–Trinajstić information content (AvgIpc) is 3.46. The number of hydrogen-bond donors (Lipinski definition) is 0. The Bertz CT molecular complexity index is 1560. The lowest BCUT2D eigenvalue weighted by Gasteiger charge is -2.18. The maximum Gasteiger partial charge on any atom is 0.306 e. The second-order valence-electron chi connectivity index (χ2n) is 22.7. The van der Waals surface area contributed by atoms with Gasteiger partial charge in [-0.2, -0.15) is 0 Å². The van der Waals surface area contributed by atoms with Crippen molar-refractivity contribution in [2.45, 2.75) is 341 Å². The summed E-state index contributed by atoms with van der Waals surface area (Å²) >= 11 is 0. The molecule has 0 N–H and O–H groups in total. The monoisotopic (exact) mass is 1110 g/mol. The number of hydrogen-bond acceptors (Lipinski definition) is 6. The van der Waals surface area contributed by atoms with Gasteiger partial charge in [0, 0.05) is 19.3 Å². The van der Waals surface area contributed by atoms with Gasteiger partial charge in [-0.3, -0.25) is 14.4 Å². The predicted octanol–water partition coefficient (Wildman–Crippen LogP) is 23.6. The Kier molecular flexibility index (Phi) is 64.7. The molecule has 0 bridgehead atoms. The Hall–Kier alpha value is -3.67. The first-order valence-corrected chi connectivity index (χ1v) is 34.2. The molecule has 0 aliphatic carbocycles. The molecule has 0 aliphatic rings. The van der Waals surface area contributed by atoms with Crippen LogP contribution >= 0.6 is 0 Å². The number of rotatable bonds is 62. The number of unbranched alkanes of at least 4 members (excludes halogenated alkanes) is 35.